The summed E-state index contributed by atoms with van der Waals surface area (Å²) in [5.41, 5.74) is 0. The van der Waals surface area contributed by atoms with Crippen molar-refractivity contribution in [1.29, 1.82) is 0 Å². The molecule has 2 aromatic rings. The maximum Gasteiger partial charge on any atom is 0.327 e. The van der Waals surface area contributed by atoms with Crippen LogP contribution in [0.2, 0.25) is 0 Å². The van der Waals surface area contributed by atoms with Gasteiger partial charge < -0.3 is 9.47 Å². The maximum atomic E-state index is 11.5. The largest absolute Gasteiger partial charge is 0.464 e. The number of carbonyl (C=O) groups excluding carboxylic acids is 2. The third-order valence-corrected chi connectivity index (χ3v) is 3.31. The highest BCUT2D eigenvalue weighted by molar-refractivity contribution is 7.71. The van der Waals surface area contributed by atoms with Crippen LogP contribution in [0.15, 0.2) is 0 Å². The van der Waals surface area contributed by atoms with Gasteiger partial charge in [0.05, 0.1) is 13.2 Å². The Labute approximate surface area is 145 Å². The van der Waals surface area contributed by atoms with E-state index < -0.39 is 11.9 Å². The molecule has 0 aliphatic rings. The molecule has 12 nitrogen and oxygen atoms in total. The first-order valence-electron chi connectivity index (χ1n) is 6.83. The standard InChI is InChI=1S/C10H14N8O4S2/c19-7(5-17-9(23)11-13-15-17)21-3-1-2-4-22-8(20)6-18-10(24)12-14-16-18/h1-6H2,(H,11,15,23)(H,12,16,24). The van der Waals surface area contributed by atoms with Crippen molar-refractivity contribution in [3.63, 3.8) is 0 Å². The van der Waals surface area contributed by atoms with E-state index in [0.29, 0.717) is 12.8 Å². The van der Waals surface area contributed by atoms with Crippen LogP contribution in [0.25, 0.3) is 0 Å². The molecule has 0 atom stereocenters. The minimum Gasteiger partial charge on any atom is -0.464 e. The lowest BCUT2D eigenvalue weighted by molar-refractivity contribution is -0.147. The van der Waals surface area contributed by atoms with Crippen molar-refractivity contribution < 1.29 is 19.1 Å². The third kappa shape index (κ3) is 5.62. The van der Waals surface area contributed by atoms with E-state index in [2.05, 4.69) is 31.1 Å². The summed E-state index contributed by atoms with van der Waals surface area (Å²) in [6.07, 6.45) is 1.10. The predicted octanol–water partition coefficient (Wildman–Crippen LogP) is -0.448. The molecule has 0 bridgehead atoms. The van der Waals surface area contributed by atoms with Crippen LogP contribution in [0.3, 0.4) is 0 Å². The second-order valence-electron chi connectivity index (χ2n) is 4.49. The van der Waals surface area contributed by atoms with Crippen LogP contribution < -0.4 is 0 Å². The molecule has 0 radical (unpaired) electrons. The zero-order chi connectivity index (χ0) is 17.4. The van der Waals surface area contributed by atoms with E-state index in [1.807, 2.05) is 0 Å². The second kappa shape index (κ2) is 8.97. The number of tetrazole rings is 2. The summed E-state index contributed by atoms with van der Waals surface area (Å²) in [7, 11) is 0. The Morgan fingerprint density at radius 2 is 1.29 bits per heavy atom. The number of nitrogens with one attached hydrogen (secondary N) is 2. The van der Waals surface area contributed by atoms with Crippen LogP contribution in [0.1, 0.15) is 12.8 Å². The molecule has 2 heterocycles. The first-order chi connectivity index (χ1) is 11.6. The molecule has 14 heteroatoms. The van der Waals surface area contributed by atoms with Crippen molar-refractivity contribution in [2.45, 2.75) is 25.9 Å². The molecule has 0 aliphatic heterocycles. The number of H-pyrrole nitrogens is 2. The number of hydrogen-bond donors (Lipinski definition) is 2. The molecule has 0 aliphatic carbocycles. The molecule has 0 aromatic carbocycles. The van der Waals surface area contributed by atoms with Crippen LogP contribution in [0, 0.1) is 9.54 Å². The monoisotopic (exact) mass is 374 g/mol. The summed E-state index contributed by atoms with van der Waals surface area (Å²) in [6.45, 7) is 0.251. The smallest absolute Gasteiger partial charge is 0.327 e. The van der Waals surface area contributed by atoms with E-state index in [0.717, 1.165) is 0 Å². The summed E-state index contributed by atoms with van der Waals surface area (Å²) in [6, 6.07) is 0. The lowest BCUT2D eigenvalue weighted by Gasteiger charge is -2.06. The molecule has 0 spiro atoms. The van der Waals surface area contributed by atoms with E-state index in [1.54, 1.807) is 0 Å². The Morgan fingerprint density at radius 3 is 1.62 bits per heavy atom. The molecule has 0 unspecified atom stereocenters. The van der Waals surface area contributed by atoms with E-state index >= 15 is 0 Å². The summed E-state index contributed by atoms with van der Waals surface area (Å²) < 4.78 is 13.0. The van der Waals surface area contributed by atoms with E-state index in [-0.39, 0.29) is 35.8 Å². The van der Waals surface area contributed by atoms with Crippen LogP contribution in [0.4, 0.5) is 0 Å². The zero-order valence-electron chi connectivity index (χ0n) is 12.4. The normalized spacial score (nSPS) is 10.5. The summed E-state index contributed by atoms with van der Waals surface area (Å²) in [4.78, 5) is 23.1. The van der Waals surface area contributed by atoms with Crippen LogP contribution in [0.5, 0.6) is 0 Å². The van der Waals surface area contributed by atoms with Gasteiger partial charge in [-0.3, -0.25) is 9.59 Å². The molecule has 2 aromatic heterocycles. The number of aromatic amines is 2. The van der Waals surface area contributed by atoms with Crippen molar-refractivity contribution in [2.24, 2.45) is 0 Å². The topological polar surface area (TPSA) is 146 Å². The van der Waals surface area contributed by atoms with Gasteiger partial charge >= 0.3 is 11.9 Å². The van der Waals surface area contributed by atoms with Gasteiger partial charge in [0, 0.05) is 0 Å². The fourth-order valence-corrected chi connectivity index (χ4v) is 1.86. The highest BCUT2D eigenvalue weighted by atomic mass is 32.1. The number of esters is 2. The Bertz CT molecular complexity index is 727. The Morgan fingerprint density at radius 1 is 0.875 bits per heavy atom. The van der Waals surface area contributed by atoms with Gasteiger partial charge in [-0.25, -0.2) is 9.36 Å². The fourth-order valence-electron chi connectivity index (χ4n) is 1.56. The van der Waals surface area contributed by atoms with Gasteiger partial charge in [-0.05, 0) is 37.3 Å². The molecular formula is C10H14N8O4S2. The highest BCUT2D eigenvalue weighted by Gasteiger charge is 2.07. The molecule has 2 rings (SSSR count). The maximum absolute atomic E-state index is 11.5. The molecule has 0 fully saturated rings. The van der Waals surface area contributed by atoms with E-state index in [9.17, 15) is 9.59 Å². The lowest BCUT2D eigenvalue weighted by atomic mass is 10.3. The average molecular weight is 374 g/mol. The molecule has 130 valence electrons. The highest BCUT2D eigenvalue weighted by Crippen LogP contribution is 1.95. The van der Waals surface area contributed by atoms with Gasteiger partial charge in [0.25, 0.3) is 0 Å². The number of carbonyl (C=O) groups is 2. The summed E-state index contributed by atoms with van der Waals surface area (Å²) in [5.74, 6) is -0.925. The van der Waals surface area contributed by atoms with Crippen molar-refractivity contribution in [3.8, 4) is 0 Å². The molecule has 24 heavy (non-hydrogen) atoms. The lowest BCUT2D eigenvalue weighted by Crippen LogP contribution is -2.17. The van der Waals surface area contributed by atoms with Crippen molar-refractivity contribution in [2.75, 3.05) is 13.2 Å². The van der Waals surface area contributed by atoms with Gasteiger partial charge in [0.2, 0.25) is 9.54 Å². The molecular weight excluding hydrogens is 360 g/mol. The van der Waals surface area contributed by atoms with E-state index in [1.165, 1.54) is 9.36 Å². The fraction of sp³-hybridized carbons (Fsp3) is 0.600. The van der Waals surface area contributed by atoms with Crippen molar-refractivity contribution in [1.82, 2.24) is 40.4 Å². The Hall–Kier alpha value is -2.48. The number of unbranched alkanes of at least 4 members (excludes halogenated alkanes) is 1. The SMILES string of the molecule is O=C(Cn1[nH]nnc1=S)OCCCCOC(=O)Cn1[nH]nnc1=S. The number of nitrogens with zero attached hydrogens (tertiary/aromatic N) is 6. The van der Waals surface area contributed by atoms with Gasteiger partial charge in [-0.15, -0.1) is 0 Å². The zero-order valence-corrected chi connectivity index (χ0v) is 14.0. The molecule has 0 saturated heterocycles. The van der Waals surface area contributed by atoms with Crippen LogP contribution >= 0.6 is 24.4 Å². The van der Waals surface area contributed by atoms with Crippen LogP contribution in [-0.4, -0.2) is 65.6 Å². The quantitative estimate of drug-likeness (QED) is 0.336. The number of rotatable bonds is 9. The average Bonchev–Trinajstić information content (AvgIpc) is 3.12. The Balaban J connectivity index is 1.53. The number of aromatic nitrogens is 8. The summed E-state index contributed by atoms with van der Waals surface area (Å²) >= 11 is 9.66. The van der Waals surface area contributed by atoms with Crippen molar-refractivity contribution in [3.05, 3.63) is 9.54 Å². The van der Waals surface area contributed by atoms with Gasteiger partial charge in [-0.2, -0.15) is 10.4 Å². The molecule has 2 N–H and O–H groups in total. The second-order valence-corrected chi connectivity index (χ2v) is 5.22. The first kappa shape index (κ1) is 17.9. The van der Waals surface area contributed by atoms with Gasteiger partial charge in [-0.1, -0.05) is 20.6 Å². The van der Waals surface area contributed by atoms with Gasteiger partial charge in [0.1, 0.15) is 13.1 Å². The van der Waals surface area contributed by atoms with E-state index in [4.69, 9.17) is 33.9 Å². The number of hydrogen-bond acceptors (Lipinski definition) is 10. The van der Waals surface area contributed by atoms with Gasteiger partial charge in [0.15, 0.2) is 0 Å². The minimum absolute atomic E-state index is 0.0837. The first-order valence-corrected chi connectivity index (χ1v) is 7.65. The predicted molar refractivity (Wildman–Crippen MR) is 81.6 cm³/mol. The number of ether oxygens (including phenoxy) is 2. The molecule has 0 amide bonds. The van der Waals surface area contributed by atoms with Crippen molar-refractivity contribution >= 4 is 36.4 Å². The minimum atomic E-state index is -0.463. The third-order valence-electron chi connectivity index (χ3n) is 2.70. The van der Waals surface area contributed by atoms with Crippen LogP contribution in [-0.2, 0) is 32.2 Å². The Kier molecular flexibility index (Phi) is 6.68. The molecule has 0 saturated carbocycles. The summed E-state index contributed by atoms with van der Waals surface area (Å²) in [5, 5.41) is 18.9.